The lowest BCUT2D eigenvalue weighted by Gasteiger charge is -2.22. The minimum Gasteiger partial charge on any atom is -0.491 e. The van der Waals surface area contributed by atoms with Gasteiger partial charge in [-0.15, -0.1) is 0 Å². The summed E-state index contributed by atoms with van der Waals surface area (Å²) < 4.78 is 13.8. The number of fused-ring (bicyclic) bond motifs is 3. The molecule has 2 aromatic heterocycles. The average Bonchev–Trinajstić information content (AvgIpc) is 3.27. The van der Waals surface area contributed by atoms with Crippen molar-refractivity contribution in [3.63, 3.8) is 0 Å². The molecule has 2 aliphatic heterocycles. The van der Waals surface area contributed by atoms with E-state index in [9.17, 15) is 5.11 Å². The van der Waals surface area contributed by atoms with Crippen molar-refractivity contribution in [2.45, 2.75) is 50.1 Å². The topological polar surface area (TPSA) is 97.6 Å². The summed E-state index contributed by atoms with van der Waals surface area (Å²) in [5.74, 6) is 2.25. The summed E-state index contributed by atoms with van der Waals surface area (Å²) in [5, 5.41) is 18.6. The highest BCUT2D eigenvalue weighted by Crippen LogP contribution is 2.42. The second kappa shape index (κ2) is 7.99. The molecule has 4 heterocycles. The maximum atomic E-state index is 9.95. The highest BCUT2D eigenvalue weighted by Gasteiger charge is 2.42. The number of aliphatic hydroxyl groups is 1. The van der Waals surface area contributed by atoms with Crippen LogP contribution in [0.2, 0.25) is 0 Å². The molecule has 0 spiro atoms. The summed E-state index contributed by atoms with van der Waals surface area (Å²) in [6.45, 7) is 1.45. The normalized spacial score (nSPS) is 23.2. The third-order valence-corrected chi connectivity index (χ3v) is 6.48. The summed E-state index contributed by atoms with van der Waals surface area (Å²) in [7, 11) is 1.80. The maximum absolute atomic E-state index is 9.95. The summed E-state index contributed by atoms with van der Waals surface area (Å²) in [5.41, 5.74) is 1.76. The Balaban J connectivity index is 1.39. The minimum absolute atomic E-state index is 0.0820. The van der Waals surface area contributed by atoms with Crippen LogP contribution in [0.15, 0.2) is 30.5 Å². The second-order valence-corrected chi connectivity index (χ2v) is 8.91. The third kappa shape index (κ3) is 3.50. The molecule has 1 aromatic carbocycles. The summed E-state index contributed by atoms with van der Waals surface area (Å²) >= 11 is 0. The zero-order valence-electron chi connectivity index (χ0n) is 18.1. The largest absolute Gasteiger partial charge is 0.491 e. The highest BCUT2D eigenvalue weighted by molar-refractivity contribution is 5.89. The molecule has 3 atom stereocenters. The Kier molecular flexibility index (Phi) is 4.97. The predicted octanol–water partition coefficient (Wildman–Crippen LogP) is 2.11. The van der Waals surface area contributed by atoms with Crippen LogP contribution in [-0.2, 0) is 4.74 Å². The lowest BCUT2D eigenvalue weighted by atomic mass is 10.2. The van der Waals surface area contributed by atoms with Crippen molar-refractivity contribution < 1.29 is 14.6 Å². The molecule has 0 amide bonds. The molecule has 3 fully saturated rings. The van der Waals surface area contributed by atoms with E-state index in [1.54, 1.807) is 7.05 Å². The van der Waals surface area contributed by atoms with Gasteiger partial charge in [0.2, 0.25) is 0 Å². The van der Waals surface area contributed by atoms with E-state index in [2.05, 4.69) is 20.0 Å². The third-order valence-electron chi connectivity index (χ3n) is 6.48. The number of benzene rings is 1. The van der Waals surface area contributed by atoms with E-state index in [1.165, 1.54) is 0 Å². The van der Waals surface area contributed by atoms with Crippen molar-refractivity contribution in [2.24, 2.45) is 0 Å². The van der Waals surface area contributed by atoms with Gasteiger partial charge in [0.1, 0.15) is 30.5 Å². The van der Waals surface area contributed by atoms with Crippen LogP contribution in [-0.4, -0.2) is 70.0 Å². The van der Waals surface area contributed by atoms with Crippen LogP contribution in [0.3, 0.4) is 0 Å². The molecule has 168 valence electrons. The van der Waals surface area contributed by atoms with E-state index >= 15 is 0 Å². The van der Waals surface area contributed by atoms with Gasteiger partial charge in [-0.25, -0.2) is 14.6 Å². The van der Waals surface area contributed by atoms with Gasteiger partial charge in [-0.1, -0.05) is 12.1 Å². The Morgan fingerprint density at radius 3 is 2.81 bits per heavy atom. The van der Waals surface area contributed by atoms with E-state index in [0.29, 0.717) is 30.2 Å². The first-order valence-electron chi connectivity index (χ1n) is 11.4. The van der Waals surface area contributed by atoms with Crippen molar-refractivity contribution in [2.75, 3.05) is 31.7 Å². The molecule has 3 unspecified atom stereocenters. The van der Waals surface area contributed by atoms with Crippen LogP contribution in [0, 0.1) is 0 Å². The van der Waals surface area contributed by atoms with Crippen molar-refractivity contribution in [1.82, 2.24) is 25.1 Å². The number of hydrogen-bond acceptors (Lipinski definition) is 8. The van der Waals surface area contributed by atoms with Crippen molar-refractivity contribution in [3.05, 3.63) is 30.5 Å². The molecule has 9 nitrogen and oxygen atoms in total. The smallest absolute Gasteiger partial charge is 0.164 e. The van der Waals surface area contributed by atoms with Crippen LogP contribution >= 0.6 is 0 Å². The fraction of sp³-hybridized carbons (Fsp3) is 0.522. The Morgan fingerprint density at radius 2 is 2.09 bits per heavy atom. The molecule has 6 rings (SSSR count). The number of anilines is 1. The van der Waals surface area contributed by atoms with Crippen LogP contribution < -0.4 is 15.0 Å². The standard InChI is InChI=1S/C23H28N6O3/c1-24-10-17(30)13-31-18-4-2-3-14(9-18)21-26-22(28-16-7-8-20(28)32-12-16)19-11-25-29(15-5-6-15)23(19)27-21/h2-4,9,11,15-17,20,24,30H,5-8,10,12-13H2,1H3. The Bertz CT molecular complexity index is 1110. The number of nitrogens with one attached hydrogen (secondary N) is 1. The molecule has 3 aliphatic rings. The number of rotatable bonds is 8. The fourth-order valence-electron chi connectivity index (χ4n) is 4.74. The molecule has 0 radical (unpaired) electrons. The van der Waals surface area contributed by atoms with Gasteiger partial charge in [0.15, 0.2) is 11.5 Å². The molecule has 2 N–H and O–H groups in total. The number of ether oxygens (including phenoxy) is 2. The summed E-state index contributed by atoms with van der Waals surface area (Å²) in [6, 6.07) is 8.54. The molecule has 3 aromatic rings. The quantitative estimate of drug-likeness (QED) is 0.554. The van der Waals surface area contributed by atoms with E-state index < -0.39 is 6.10 Å². The lowest BCUT2D eigenvalue weighted by molar-refractivity contribution is 0.0858. The van der Waals surface area contributed by atoms with Gasteiger partial charge in [-0.3, -0.25) is 0 Å². The zero-order valence-corrected chi connectivity index (χ0v) is 18.1. The number of aliphatic hydroxyl groups excluding tert-OH is 1. The minimum atomic E-state index is -0.568. The number of aromatic nitrogens is 4. The van der Waals surface area contributed by atoms with Gasteiger partial charge in [0.05, 0.1) is 30.3 Å². The second-order valence-electron chi connectivity index (χ2n) is 8.91. The summed E-state index contributed by atoms with van der Waals surface area (Å²) in [6.07, 6.45) is 5.86. The van der Waals surface area contributed by atoms with Crippen molar-refractivity contribution >= 4 is 16.9 Å². The van der Waals surface area contributed by atoms with Gasteiger partial charge >= 0.3 is 0 Å². The Labute approximate surface area is 186 Å². The molecular weight excluding hydrogens is 408 g/mol. The molecular formula is C23H28N6O3. The monoisotopic (exact) mass is 436 g/mol. The molecule has 1 saturated carbocycles. The van der Waals surface area contributed by atoms with Crippen LogP contribution in [0.25, 0.3) is 22.4 Å². The first-order chi connectivity index (χ1) is 15.7. The number of nitrogens with zero attached hydrogens (tertiary/aromatic N) is 5. The first kappa shape index (κ1) is 19.9. The average molecular weight is 437 g/mol. The fourth-order valence-corrected chi connectivity index (χ4v) is 4.74. The van der Waals surface area contributed by atoms with Crippen molar-refractivity contribution in [3.8, 4) is 17.1 Å². The van der Waals surface area contributed by atoms with Gasteiger partial charge in [0.25, 0.3) is 0 Å². The van der Waals surface area contributed by atoms with E-state index in [4.69, 9.17) is 19.4 Å². The van der Waals surface area contributed by atoms with Gasteiger partial charge < -0.3 is 24.8 Å². The Morgan fingerprint density at radius 1 is 1.22 bits per heavy atom. The van der Waals surface area contributed by atoms with E-state index in [1.807, 2.05) is 30.5 Å². The molecule has 9 heteroatoms. The van der Waals surface area contributed by atoms with Gasteiger partial charge in [-0.05, 0) is 44.9 Å². The maximum Gasteiger partial charge on any atom is 0.164 e. The van der Waals surface area contributed by atoms with E-state index in [-0.39, 0.29) is 12.8 Å². The van der Waals surface area contributed by atoms with E-state index in [0.717, 1.165) is 54.7 Å². The highest BCUT2D eigenvalue weighted by atomic mass is 16.5. The number of hydrogen-bond donors (Lipinski definition) is 2. The predicted molar refractivity (Wildman–Crippen MR) is 120 cm³/mol. The first-order valence-corrected chi connectivity index (χ1v) is 11.4. The zero-order chi connectivity index (χ0) is 21.7. The molecule has 2 bridgehead atoms. The van der Waals surface area contributed by atoms with Crippen LogP contribution in [0.1, 0.15) is 31.7 Å². The number of likely N-dealkylation sites (N-methyl/N-ethyl adjacent to an activating group) is 1. The lowest BCUT2D eigenvalue weighted by Crippen LogP contribution is -2.30. The molecule has 1 aliphatic carbocycles. The van der Waals surface area contributed by atoms with Crippen LogP contribution in [0.5, 0.6) is 5.75 Å². The summed E-state index contributed by atoms with van der Waals surface area (Å²) in [4.78, 5) is 12.3. The SMILES string of the molecule is CNCC(O)COc1cccc(-c2nc(N3C4CCC3OC4)c3cnn(C4CC4)c3n2)c1. The molecule has 2 saturated heterocycles. The van der Waals surface area contributed by atoms with Crippen LogP contribution in [0.4, 0.5) is 5.82 Å². The van der Waals surface area contributed by atoms with Crippen molar-refractivity contribution in [1.29, 1.82) is 0 Å². The van der Waals surface area contributed by atoms with Gasteiger partial charge in [-0.2, -0.15) is 5.10 Å². The Hall–Kier alpha value is -2.75. The van der Waals surface area contributed by atoms with Gasteiger partial charge in [0, 0.05) is 12.1 Å². The molecule has 32 heavy (non-hydrogen) atoms.